The van der Waals surface area contributed by atoms with Gasteiger partial charge in [0.15, 0.2) is 0 Å². The van der Waals surface area contributed by atoms with Crippen LogP contribution in [0, 0.1) is 13.8 Å². The van der Waals surface area contributed by atoms with Gasteiger partial charge < -0.3 is 10.8 Å². The maximum atomic E-state index is 12.0. The molecule has 3 N–H and O–H groups in total. The molecule has 0 saturated heterocycles. The van der Waals surface area contributed by atoms with Crippen molar-refractivity contribution in [2.45, 2.75) is 25.7 Å². The molecular formula is C18H21NO2. The van der Waals surface area contributed by atoms with Crippen LogP contribution in [0.15, 0.2) is 48.5 Å². The first-order chi connectivity index (χ1) is 9.99. The molecule has 0 amide bonds. The van der Waals surface area contributed by atoms with Gasteiger partial charge in [0, 0.05) is 6.54 Å². The predicted octanol–water partition coefficient (Wildman–Crippen LogP) is 2.83. The van der Waals surface area contributed by atoms with Crippen molar-refractivity contribution < 1.29 is 9.90 Å². The summed E-state index contributed by atoms with van der Waals surface area (Å²) in [6, 6.07) is 15.4. The predicted molar refractivity (Wildman–Crippen MR) is 84.4 cm³/mol. The van der Waals surface area contributed by atoms with Crippen LogP contribution in [0.3, 0.4) is 0 Å². The highest BCUT2D eigenvalue weighted by Crippen LogP contribution is 2.29. The molecule has 0 aliphatic carbocycles. The van der Waals surface area contributed by atoms with Crippen LogP contribution in [0.5, 0.6) is 0 Å². The zero-order valence-electron chi connectivity index (χ0n) is 12.5. The number of nitrogens with two attached hydrogens (primary N) is 1. The van der Waals surface area contributed by atoms with E-state index in [2.05, 4.69) is 0 Å². The minimum atomic E-state index is -1.08. The third-order valence-electron chi connectivity index (χ3n) is 4.08. The summed E-state index contributed by atoms with van der Waals surface area (Å²) >= 11 is 0. The fraction of sp³-hybridized carbons (Fsp3) is 0.278. The molecule has 0 spiro atoms. The summed E-state index contributed by atoms with van der Waals surface area (Å²) < 4.78 is 0. The van der Waals surface area contributed by atoms with Crippen LogP contribution in [0.1, 0.15) is 22.3 Å². The van der Waals surface area contributed by atoms with Gasteiger partial charge in [-0.05, 0) is 37.0 Å². The molecule has 0 aromatic heterocycles. The Morgan fingerprint density at radius 3 is 2.38 bits per heavy atom. The van der Waals surface area contributed by atoms with Crippen LogP contribution >= 0.6 is 0 Å². The van der Waals surface area contributed by atoms with Crippen LogP contribution in [0.25, 0.3) is 0 Å². The van der Waals surface area contributed by atoms with Gasteiger partial charge in [0.25, 0.3) is 0 Å². The van der Waals surface area contributed by atoms with Gasteiger partial charge in [-0.1, -0.05) is 54.1 Å². The Labute approximate surface area is 125 Å². The van der Waals surface area contributed by atoms with Gasteiger partial charge >= 0.3 is 5.97 Å². The van der Waals surface area contributed by atoms with Crippen molar-refractivity contribution in [3.8, 4) is 0 Å². The van der Waals surface area contributed by atoms with Crippen molar-refractivity contribution in [2.24, 2.45) is 5.73 Å². The van der Waals surface area contributed by atoms with E-state index >= 15 is 0 Å². The van der Waals surface area contributed by atoms with E-state index in [1.165, 1.54) is 0 Å². The average molecular weight is 283 g/mol. The van der Waals surface area contributed by atoms with E-state index in [9.17, 15) is 9.90 Å². The van der Waals surface area contributed by atoms with Crippen molar-refractivity contribution in [1.82, 2.24) is 0 Å². The van der Waals surface area contributed by atoms with E-state index in [0.29, 0.717) is 6.42 Å². The molecule has 2 rings (SSSR count). The number of carboxylic acids is 1. The molecule has 1 atom stereocenters. The van der Waals surface area contributed by atoms with Gasteiger partial charge in [-0.2, -0.15) is 0 Å². The zero-order chi connectivity index (χ0) is 15.5. The molecule has 2 aromatic rings. The third-order valence-corrected chi connectivity index (χ3v) is 4.08. The maximum Gasteiger partial charge on any atom is 0.315 e. The summed E-state index contributed by atoms with van der Waals surface area (Å²) in [4.78, 5) is 12.0. The van der Waals surface area contributed by atoms with Crippen LogP contribution in [-0.4, -0.2) is 17.6 Å². The standard InChI is InChI=1S/C18H21NO2/c1-13-8-9-14(2)15(10-13)11-18(12-19,17(20)21)16-6-4-3-5-7-16/h3-10H,11-12,19H2,1-2H3,(H,20,21). The number of hydrogen-bond acceptors (Lipinski definition) is 2. The molecule has 0 heterocycles. The highest BCUT2D eigenvalue weighted by Gasteiger charge is 2.39. The number of benzene rings is 2. The van der Waals surface area contributed by atoms with Crippen LogP contribution in [0.2, 0.25) is 0 Å². The number of rotatable bonds is 5. The highest BCUT2D eigenvalue weighted by molar-refractivity contribution is 5.82. The molecule has 3 nitrogen and oxygen atoms in total. The van der Waals surface area contributed by atoms with E-state index in [0.717, 1.165) is 22.3 Å². The first-order valence-corrected chi connectivity index (χ1v) is 7.05. The lowest BCUT2D eigenvalue weighted by Crippen LogP contribution is -2.45. The first-order valence-electron chi connectivity index (χ1n) is 7.05. The van der Waals surface area contributed by atoms with Crippen molar-refractivity contribution in [2.75, 3.05) is 6.54 Å². The molecule has 0 aliphatic heterocycles. The lowest BCUT2D eigenvalue weighted by Gasteiger charge is -2.29. The Morgan fingerprint density at radius 2 is 1.81 bits per heavy atom. The van der Waals surface area contributed by atoms with E-state index in [4.69, 9.17) is 5.73 Å². The Hall–Kier alpha value is -2.13. The largest absolute Gasteiger partial charge is 0.481 e. The topological polar surface area (TPSA) is 63.3 Å². The lowest BCUT2D eigenvalue weighted by atomic mass is 9.74. The summed E-state index contributed by atoms with van der Waals surface area (Å²) in [5.41, 5.74) is 8.82. The molecule has 110 valence electrons. The van der Waals surface area contributed by atoms with Gasteiger partial charge in [0.1, 0.15) is 5.41 Å². The minimum Gasteiger partial charge on any atom is -0.481 e. The molecule has 3 heteroatoms. The normalized spacial score (nSPS) is 13.7. The van der Waals surface area contributed by atoms with E-state index in [1.54, 1.807) is 0 Å². The molecule has 0 aliphatic rings. The number of aliphatic carboxylic acids is 1. The number of carbonyl (C=O) groups is 1. The van der Waals surface area contributed by atoms with Gasteiger partial charge in [-0.15, -0.1) is 0 Å². The van der Waals surface area contributed by atoms with Crippen LogP contribution in [0.4, 0.5) is 0 Å². The van der Waals surface area contributed by atoms with E-state index < -0.39 is 11.4 Å². The minimum absolute atomic E-state index is 0.0692. The first kappa shape index (κ1) is 15.3. The highest BCUT2D eigenvalue weighted by atomic mass is 16.4. The summed E-state index contributed by atoms with van der Waals surface area (Å²) in [5, 5.41) is 9.82. The Bertz CT molecular complexity index is 637. The lowest BCUT2D eigenvalue weighted by molar-refractivity contribution is -0.143. The van der Waals surface area contributed by atoms with Gasteiger partial charge in [-0.25, -0.2) is 0 Å². The van der Waals surface area contributed by atoms with Crippen LogP contribution < -0.4 is 5.73 Å². The second-order valence-corrected chi connectivity index (χ2v) is 5.56. The smallest absolute Gasteiger partial charge is 0.315 e. The molecule has 0 saturated carbocycles. The molecular weight excluding hydrogens is 262 g/mol. The van der Waals surface area contributed by atoms with Crippen molar-refractivity contribution in [3.05, 3.63) is 70.8 Å². The summed E-state index contributed by atoms with van der Waals surface area (Å²) in [7, 11) is 0. The zero-order valence-corrected chi connectivity index (χ0v) is 12.5. The fourth-order valence-electron chi connectivity index (χ4n) is 2.65. The molecule has 0 bridgehead atoms. The second kappa shape index (κ2) is 6.10. The van der Waals surface area contributed by atoms with Crippen molar-refractivity contribution in [3.63, 3.8) is 0 Å². The fourth-order valence-corrected chi connectivity index (χ4v) is 2.65. The molecule has 0 fully saturated rings. The van der Waals surface area contributed by atoms with E-state index in [-0.39, 0.29) is 6.54 Å². The summed E-state index contributed by atoms with van der Waals surface area (Å²) in [6.07, 6.45) is 0.399. The number of carboxylic acid groups (broad SMARTS) is 1. The van der Waals surface area contributed by atoms with Gasteiger partial charge in [0.2, 0.25) is 0 Å². The number of aryl methyl sites for hydroxylation is 2. The quantitative estimate of drug-likeness (QED) is 0.887. The average Bonchev–Trinajstić information content (AvgIpc) is 2.49. The molecule has 1 unspecified atom stereocenters. The summed E-state index contributed by atoms with van der Waals surface area (Å²) in [6.45, 7) is 4.08. The number of hydrogen-bond donors (Lipinski definition) is 2. The second-order valence-electron chi connectivity index (χ2n) is 5.56. The molecule has 2 aromatic carbocycles. The van der Waals surface area contributed by atoms with Crippen molar-refractivity contribution in [1.29, 1.82) is 0 Å². The summed E-state index contributed by atoms with van der Waals surface area (Å²) in [5.74, 6) is -0.878. The van der Waals surface area contributed by atoms with E-state index in [1.807, 2.05) is 62.4 Å². The SMILES string of the molecule is Cc1ccc(C)c(CC(CN)(C(=O)O)c2ccccc2)c1. The maximum absolute atomic E-state index is 12.0. The Kier molecular flexibility index (Phi) is 4.43. The van der Waals surface area contributed by atoms with Crippen LogP contribution in [-0.2, 0) is 16.6 Å². The Balaban J connectivity index is 2.51. The molecule has 0 radical (unpaired) electrons. The van der Waals surface area contributed by atoms with Gasteiger partial charge in [0.05, 0.1) is 0 Å². The van der Waals surface area contributed by atoms with Gasteiger partial charge in [-0.3, -0.25) is 4.79 Å². The monoisotopic (exact) mass is 283 g/mol. The van der Waals surface area contributed by atoms with Crippen molar-refractivity contribution >= 4 is 5.97 Å². The molecule has 21 heavy (non-hydrogen) atoms. The Morgan fingerprint density at radius 1 is 1.14 bits per heavy atom. The third kappa shape index (κ3) is 2.98.